The zero-order valence-corrected chi connectivity index (χ0v) is 10.4. The fraction of sp³-hybridized carbons (Fsp3) is 0.692. The molecule has 1 aliphatic heterocycles. The molecule has 3 nitrogen and oxygen atoms in total. The smallest absolute Gasteiger partial charge is 0.120 e. The van der Waals surface area contributed by atoms with Crippen LogP contribution in [0.3, 0.4) is 0 Å². The summed E-state index contributed by atoms with van der Waals surface area (Å²) in [6, 6.07) is 2.19. The molecule has 1 aliphatic rings. The maximum absolute atomic E-state index is 5.87. The molecule has 1 N–H and O–H groups in total. The van der Waals surface area contributed by atoms with E-state index in [9.17, 15) is 0 Å². The first-order chi connectivity index (χ1) is 7.79. The van der Waals surface area contributed by atoms with Crippen molar-refractivity contribution in [3.63, 3.8) is 0 Å². The Bertz CT molecular complexity index is 327. The molecule has 2 rings (SSSR count). The first kappa shape index (κ1) is 11.7. The van der Waals surface area contributed by atoms with Crippen LogP contribution in [0.2, 0.25) is 0 Å². The quantitative estimate of drug-likeness (QED) is 0.828. The number of rotatable bonds is 5. The summed E-state index contributed by atoms with van der Waals surface area (Å²) in [5.41, 5.74) is 1.27. The Morgan fingerprint density at radius 1 is 1.38 bits per heavy atom. The van der Waals surface area contributed by atoms with Crippen molar-refractivity contribution in [2.75, 3.05) is 19.6 Å². The zero-order valence-electron chi connectivity index (χ0n) is 10.4. The van der Waals surface area contributed by atoms with Gasteiger partial charge in [-0.1, -0.05) is 6.92 Å². The molecule has 0 unspecified atom stereocenters. The Balaban J connectivity index is 1.93. The lowest BCUT2D eigenvalue weighted by molar-refractivity contribution is 0.291. The Kier molecular flexibility index (Phi) is 4.02. The lowest BCUT2D eigenvalue weighted by Gasteiger charge is -2.11. The van der Waals surface area contributed by atoms with E-state index in [0.29, 0.717) is 0 Å². The van der Waals surface area contributed by atoms with E-state index in [1.807, 2.05) is 0 Å². The summed E-state index contributed by atoms with van der Waals surface area (Å²) in [4.78, 5) is 2.47. The van der Waals surface area contributed by atoms with Gasteiger partial charge in [0.15, 0.2) is 0 Å². The average Bonchev–Trinajstić information content (AvgIpc) is 2.86. The van der Waals surface area contributed by atoms with Gasteiger partial charge >= 0.3 is 0 Å². The summed E-state index contributed by atoms with van der Waals surface area (Å²) in [7, 11) is 0. The molecular formula is C13H22N2O. The summed E-state index contributed by atoms with van der Waals surface area (Å²) in [6.07, 6.45) is 2.67. The van der Waals surface area contributed by atoms with Crippen molar-refractivity contribution in [1.82, 2.24) is 10.2 Å². The molecule has 2 heterocycles. The third kappa shape index (κ3) is 2.86. The molecule has 90 valence electrons. The van der Waals surface area contributed by atoms with Crippen LogP contribution in [0, 0.1) is 6.92 Å². The molecular weight excluding hydrogens is 200 g/mol. The molecule has 1 fully saturated rings. The maximum atomic E-state index is 5.87. The molecule has 0 amide bonds. The SMILES string of the molecule is CCNCc1oc(CN2CCCC2)cc1C. The van der Waals surface area contributed by atoms with Crippen LogP contribution < -0.4 is 5.32 Å². The highest BCUT2D eigenvalue weighted by Crippen LogP contribution is 2.18. The molecule has 1 saturated heterocycles. The third-order valence-corrected chi connectivity index (χ3v) is 3.19. The summed E-state index contributed by atoms with van der Waals surface area (Å²) in [6.45, 7) is 9.51. The number of hydrogen-bond acceptors (Lipinski definition) is 3. The lowest BCUT2D eigenvalue weighted by atomic mass is 10.2. The number of hydrogen-bond donors (Lipinski definition) is 1. The fourth-order valence-corrected chi connectivity index (χ4v) is 2.24. The third-order valence-electron chi connectivity index (χ3n) is 3.19. The van der Waals surface area contributed by atoms with Crippen molar-refractivity contribution in [3.05, 3.63) is 23.2 Å². The molecule has 1 aromatic heterocycles. The van der Waals surface area contributed by atoms with Gasteiger partial charge in [-0.2, -0.15) is 0 Å². The standard InChI is InChI=1S/C13H22N2O/c1-3-14-9-13-11(2)8-12(16-13)10-15-6-4-5-7-15/h8,14H,3-7,9-10H2,1-2H3. The van der Waals surface area contributed by atoms with E-state index in [1.165, 1.54) is 31.5 Å². The minimum absolute atomic E-state index is 0.850. The molecule has 0 radical (unpaired) electrons. The largest absolute Gasteiger partial charge is 0.463 e. The summed E-state index contributed by atoms with van der Waals surface area (Å²) in [5.74, 6) is 2.21. The van der Waals surface area contributed by atoms with Gasteiger partial charge in [0, 0.05) is 0 Å². The van der Waals surface area contributed by atoms with Crippen LogP contribution in [0.15, 0.2) is 10.5 Å². The molecule has 0 atom stereocenters. The second kappa shape index (κ2) is 5.51. The second-order valence-corrected chi connectivity index (χ2v) is 4.58. The Morgan fingerprint density at radius 3 is 2.81 bits per heavy atom. The minimum Gasteiger partial charge on any atom is -0.463 e. The maximum Gasteiger partial charge on any atom is 0.120 e. The van der Waals surface area contributed by atoms with Gasteiger partial charge in [0.2, 0.25) is 0 Å². The summed E-state index contributed by atoms with van der Waals surface area (Å²) in [5, 5.41) is 3.30. The summed E-state index contributed by atoms with van der Waals surface area (Å²) >= 11 is 0. The number of aryl methyl sites for hydroxylation is 1. The van der Waals surface area contributed by atoms with Crippen LogP contribution in [-0.2, 0) is 13.1 Å². The first-order valence-electron chi connectivity index (χ1n) is 6.31. The zero-order chi connectivity index (χ0) is 11.4. The average molecular weight is 222 g/mol. The minimum atomic E-state index is 0.850. The van der Waals surface area contributed by atoms with Gasteiger partial charge in [-0.05, 0) is 51.0 Å². The van der Waals surface area contributed by atoms with Gasteiger partial charge in [0.1, 0.15) is 11.5 Å². The molecule has 16 heavy (non-hydrogen) atoms. The predicted octanol–water partition coefficient (Wildman–Crippen LogP) is 2.29. The predicted molar refractivity (Wildman–Crippen MR) is 65.3 cm³/mol. The van der Waals surface area contributed by atoms with Gasteiger partial charge in [-0.25, -0.2) is 0 Å². The van der Waals surface area contributed by atoms with Crippen molar-refractivity contribution in [2.45, 2.75) is 39.8 Å². The number of nitrogens with one attached hydrogen (secondary N) is 1. The molecule has 1 aromatic rings. The Morgan fingerprint density at radius 2 is 2.12 bits per heavy atom. The molecule has 0 aliphatic carbocycles. The van der Waals surface area contributed by atoms with Crippen molar-refractivity contribution < 1.29 is 4.42 Å². The van der Waals surface area contributed by atoms with Gasteiger partial charge in [-0.15, -0.1) is 0 Å². The van der Waals surface area contributed by atoms with E-state index in [-0.39, 0.29) is 0 Å². The van der Waals surface area contributed by atoms with E-state index >= 15 is 0 Å². The monoisotopic (exact) mass is 222 g/mol. The van der Waals surface area contributed by atoms with Gasteiger partial charge in [0.25, 0.3) is 0 Å². The van der Waals surface area contributed by atoms with E-state index in [4.69, 9.17) is 4.42 Å². The molecule has 0 aromatic carbocycles. The van der Waals surface area contributed by atoms with E-state index in [1.54, 1.807) is 0 Å². The van der Waals surface area contributed by atoms with Gasteiger partial charge in [-0.3, -0.25) is 4.90 Å². The van der Waals surface area contributed by atoms with Crippen molar-refractivity contribution in [2.24, 2.45) is 0 Å². The highest BCUT2D eigenvalue weighted by molar-refractivity contribution is 5.20. The fourth-order valence-electron chi connectivity index (χ4n) is 2.24. The number of nitrogens with zero attached hydrogens (tertiary/aromatic N) is 1. The van der Waals surface area contributed by atoms with Crippen molar-refractivity contribution >= 4 is 0 Å². The van der Waals surface area contributed by atoms with Crippen LogP contribution in [0.4, 0.5) is 0 Å². The molecule has 0 bridgehead atoms. The lowest BCUT2D eigenvalue weighted by Crippen LogP contribution is -2.17. The summed E-state index contributed by atoms with van der Waals surface area (Å²) < 4.78 is 5.87. The molecule has 0 saturated carbocycles. The normalized spacial score (nSPS) is 17.1. The topological polar surface area (TPSA) is 28.4 Å². The second-order valence-electron chi connectivity index (χ2n) is 4.58. The first-order valence-corrected chi connectivity index (χ1v) is 6.31. The van der Waals surface area contributed by atoms with Crippen LogP contribution in [0.1, 0.15) is 36.8 Å². The highest BCUT2D eigenvalue weighted by atomic mass is 16.3. The number of furan rings is 1. The van der Waals surface area contributed by atoms with Crippen LogP contribution >= 0.6 is 0 Å². The molecule has 3 heteroatoms. The Hall–Kier alpha value is -0.800. The van der Waals surface area contributed by atoms with E-state index in [0.717, 1.165) is 31.2 Å². The van der Waals surface area contributed by atoms with E-state index < -0.39 is 0 Å². The van der Waals surface area contributed by atoms with Gasteiger partial charge < -0.3 is 9.73 Å². The van der Waals surface area contributed by atoms with Crippen molar-refractivity contribution in [1.29, 1.82) is 0 Å². The Labute approximate surface area is 97.8 Å². The van der Waals surface area contributed by atoms with Gasteiger partial charge in [0.05, 0.1) is 13.1 Å². The number of likely N-dealkylation sites (tertiary alicyclic amines) is 1. The van der Waals surface area contributed by atoms with Crippen LogP contribution in [0.5, 0.6) is 0 Å². The van der Waals surface area contributed by atoms with Crippen molar-refractivity contribution in [3.8, 4) is 0 Å². The highest BCUT2D eigenvalue weighted by Gasteiger charge is 2.14. The van der Waals surface area contributed by atoms with E-state index in [2.05, 4.69) is 30.1 Å². The molecule has 0 spiro atoms. The van der Waals surface area contributed by atoms with Crippen LogP contribution in [0.25, 0.3) is 0 Å². The van der Waals surface area contributed by atoms with Crippen LogP contribution in [-0.4, -0.2) is 24.5 Å².